The van der Waals surface area contributed by atoms with Crippen molar-refractivity contribution in [3.05, 3.63) is 101 Å². The molecule has 2 aromatic heterocycles. The molecule has 0 amide bonds. The van der Waals surface area contributed by atoms with Crippen LogP contribution in [0.2, 0.25) is 0 Å². The Labute approximate surface area is 277 Å². The van der Waals surface area contributed by atoms with Crippen LogP contribution in [0.1, 0.15) is 56.2 Å². The van der Waals surface area contributed by atoms with E-state index in [-0.39, 0.29) is 62.8 Å². The number of benzene rings is 4. The molecule has 0 radical (unpaired) electrons. The number of pyridine rings is 2. The molecule has 0 spiro atoms. The van der Waals surface area contributed by atoms with Gasteiger partial charge in [-0.15, -0.1) is 0 Å². The fourth-order valence-corrected chi connectivity index (χ4v) is 5.89. The summed E-state index contributed by atoms with van der Waals surface area (Å²) in [4.78, 5) is 20.2. The Morgan fingerprint density at radius 1 is 0.735 bits per heavy atom. The molecule has 0 atom stereocenters. The predicted molar refractivity (Wildman–Crippen MR) is 176 cm³/mol. The number of nitrogen functional groups attached to an aromatic ring is 1. The highest BCUT2D eigenvalue weighted by atomic mass is 19.4. The molecule has 49 heavy (non-hydrogen) atoms. The third kappa shape index (κ3) is 6.46. The van der Waals surface area contributed by atoms with Gasteiger partial charge in [-0.25, -0.2) is 13.8 Å². The molecule has 0 bridgehead atoms. The Hall–Kier alpha value is -5.65. The maximum atomic E-state index is 14.4. The number of aromatic hydroxyl groups is 2. The molecule has 12 heteroatoms. The zero-order chi connectivity index (χ0) is 35.4. The van der Waals surface area contributed by atoms with Gasteiger partial charge in [-0.3, -0.25) is 14.8 Å². The molecule has 0 aliphatic rings. The molecule has 7 nitrogen and oxygen atoms in total. The molecule has 0 aliphatic heterocycles. The van der Waals surface area contributed by atoms with Gasteiger partial charge in [-0.1, -0.05) is 27.7 Å². The third-order valence-corrected chi connectivity index (χ3v) is 8.08. The SMILES string of the molecule is CC(C)c1c(O)cc(-c2cnc3c(F)cc(N)cc3c2)cc1OOc1cc(-c2cc(C(F)(F)F)c3cc(F)ccc3n2)cc(O)c1C(C)C. The monoisotopic (exact) mass is 675 g/mol. The number of nitrogens with two attached hydrogens (primary N) is 1. The van der Waals surface area contributed by atoms with E-state index in [4.69, 9.17) is 15.5 Å². The van der Waals surface area contributed by atoms with Crippen LogP contribution in [0.15, 0.2) is 72.9 Å². The molecule has 0 saturated carbocycles. The zero-order valence-electron chi connectivity index (χ0n) is 26.7. The summed E-state index contributed by atoms with van der Waals surface area (Å²) in [6.07, 6.45) is -3.39. The molecule has 0 saturated heterocycles. The highest BCUT2D eigenvalue weighted by molar-refractivity contribution is 5.88. The Morgan fingerprint density at radius 2 is 1.35 bits per heavy atom. The summed E-state index contributed by atoms with van der Waals surface area (Å²) in [6.45, 7) is 7.21. The van der Waals surface area contributed by atoms with Crippen LogP contribution in [0.3, 0.4) is 0 Å². The van der Waals surface area contributed by atoms with Gasteiger partial charge in [0.1, 0.15) is 22.8 Å². The van der Waals surface area contributed by atoms with E-state index < -0.39 is 28.8 Å². The fraction of sp³-hybridized carbons (Fsp3) is 0.189. The van der Waals surface area contributed by atoms with E-state index in [1.165, 1.54) is 30.5 Å². The van der Waals surface area contributed by atoms with Gasteiger partial charge < -0.3 is 15.9 Å². The van der Waals surface area contributed by atoms with Crippen LogP contribution in [0.5, 0.6) is 23.0 Å². The van der Waals surface area contributed by atoms with Crippen molar-refractivity contribution in [2.45, 2.75) is 45.7 Å². The first kappa shape index (κ1) is 33.3. The topological polar surface area (TPSA) is 111 Å². The summed E-state index contributed by atoms with van der Waals surface area (Å²) in [5.74, 6) is -2.32. The largest absolute Gasteiger partial charge is 0.507 e. The number of nitrogens with zero attached hydrogens (tertiary/aromatic N) is 2. The number of phenols is 2. The summed E-state index contributed by atoms with van der Waals surface area (Å²) in [5, 5.41) is 22.2. The lowest BCUT2D eigenvalue weighted by molar-refractivity contribution is -0.136. The summed E-state index contributed by atoms with van der Waals surface area (Å²) in [5.41, 5.74) is 6.55. The van der Waals surface area contributed by atoms with Gasteiger partial charge in [0, 0.05) is 44.9 Å². The average molecular weight is 676 g/mol. The minimum absolute atomic E-state index is 0.0162. The van der Waals surface area contributed by atoms with Crippen LogP contribution in [0.25, 0.3) is 44.2 Å². The van der Waals surface area contributed by atoms with E-state index in [0.717, 1.165) is 24.3 Å². The van der Waals surface area contributed by atoms with Crippen LogP contribution in [0, 0.1) is 11.6 Å². The van der Waals surface area contributed by atoms with Crippen LogP contribution in [-0.2, 0) is 6.18 Å². The molecule has 0 fully saturated rings. The number of rotatable bonds is 7. The highest BCUT2D eigenvalue weighted by Crippen LogP contribution is 2.44. The molecular formula is C37H30F5N3O4. The number of phenolic OH excluding ortho intramolecular Hbond substituents is 2. The molecule has 4 aromatic carbocycles. The van der Waals surface area contributed by atoms with Gasteiger partial charge in [-0.05, 0) is 84.1 Å². The maximum absolute atomic E-state index is 14.4. The van der Waals surface area contributed by atoms with E-state index in [0.29, 0.717) is 27.6 Å². The summed E-state index contributed by atoms with van der Waals surface area (Å²) in [7, 11) is 0. The standard InChI is InChI=1S/C37H30F5N3O4/c1-17(2)34-30(46)9-19(22-7-21-8-24(43)14-27(39)36(21)44-16-22)11-32(34)48-49-33-12-20(10-31(47)35(33)18(3)4)29-15-26(37(40,41)42)25-13-23(38)5-6-28(25)45-29/h5-18,46-47H,43H2,1-4H3. The minimum atomic E-state index is -4.83. The van der Waals surface area contributed by atoms with Gasteiger partial charge in [0.2, 0.25) is 0 Å². The van der Waals surface area contributed by atoms with Crippen LogP contribution in [-0.4, -0.2) is 20.2 Å². The predicted octanol–water partition coefficient (Wildman–Crippen LogP) is 10.0. The number of fused-ring (bicyclic) bond motifs is 2. The van der Waals surface area contributed by atoms with E-state index in [9.17, 15) is 32.2 Å². The van der Waals surface area contributed by atoms with Gasteiger partial charge in [0.15, 0.2) is 17.3 Å². The summed E-state index contributed by atoms with van der Waals surface area (Å²) in [6, 6.07) is 13.9. The fourth-order valence-electron chi connectivity index (χ4n) is 5.89. The summed E-state index contributed by atoms with van der Waals surface area (Å²) >= 11 is 0. The van der Waals surface area contributed by atoms with Gasteiger partial charge in [0.25, 0.3) is 0 Å². The second kappa shape index (κ2) is 12.4. The van der Waals surface area contributed by atoms with Crippen LogP contribution in [0.4, 0.5) is 27.6 Å². The smallest absolute Gasteiger partial charge is 0.417 e. The van der Waals surface area contributed by atoms with E-state index >= 15 is 0 Å². The number of alkyl halides is 3. The zero-order valence-corrected chi connectivity index (χ0v) is 26.7. The number of aromatic nitrogens is 2. The van der Waals surface area contributed by atoms with Gasteiger partial charge >= 0.3 is 6.18 Å². The van der Waals surface area contributed by atoms with Crippen molar-refractivity contribution in [1.82, 2.24) is 9.97 Å². The molecular weight excluding hydrogens is 645 g/mol. The lowest BCUT2D eigenvalue weighted by Crippen LogP contribution is -2.08. The van der Waals surface area contributed by atoms with E-state index in [1.54, 1.807) is 32.0 Å². The molecule has 252 valence electrons. The van der Waals surface area contributed by atoms with Crippen molar-refractivity contribution in [3.63, 3.8) is 0 Å². The van der Waals surface area contributed by atoms with Crippen molar-refractivity contribution in [2.24, 2.45) is 0 Å². The van der Waals surface area contributed by atoms with E-state index in [2.05, 4.69) is 9.97 Å². The number of anilines is 1. The minimum Gasteiger partial charge on any atom is -0.507 e. The first-order chi connectivity index (χ1) is 23.1. The van der Waals surface area contributed by atoms with Gasteiger partial charge in [-0.2, -0.15) is 13.2 Å². The maximum Gasteiger partial charge on any atom is 0.417 e. The van der Waals surface area contributed by atoms with Crippen molar-refractivity contribution >= 4 is 27.5 Å². The van der Waals surface area contributed by atoms with Crippen molar-refractivity contribution < 1.29 is 41.9 Å². The first-order valence-corrected chi connectivity index (χ1v) is 15.2. The highest BCUT2D eigenvalue weighted by Gasteiger charge is 2.34. The molecule has 6 rings (SSSR count). The number of halogens is 5. The Bertz CT molecular complexity index is 2250. The second-order valence-corrected chi connectivity index (χ2v) is 12.3. The average Bonchev–Trinajstić information content (AvgIpc) is 3.01. The third-order valence-electron chi connectivity index (χ3n) is 8.08. The molecule has 6 aromatic rings. The van der Waals surface area contributed by atoms with Crippen molar-refractivity contribution in [1.29, 1.82) is 0 Å². The Morgan fingerprint density at radius 3 is 1.96 bits per heavy atom. The number of hydrogen-bond acceptors (Lipinski definition) is 7. The molecule has 2 heterocycles. The summed E-state index contributed by atoms with van der Waals surface area (Å²) < 4.78 is 70.6. The molecule has 0 aliphatic carbocycles. The normalized spacial score (nSPS) is 12.0. The van der Waals surface area contributed by atoms with E-state index in [1.807, 2.05) is 13.8 Å². The first-order valence-electron chi connectivity index (χ1n) is 15.2. The lowest BCUT2D eigenvalue weighted by Gasteiger charge is -2.20. The van der Waals surface area contributed by atoms with Crippen LogP contribution >= 0.6 is 0 Å². The Balaban J connectivity index is 1.44. The quantitative estimate of drug-likeness (QED) is 0.0669. The molecule has 0 unspecified atom stereocenters. The molecule has 4 N–H and O–H groups in total. The van der Waals surface area contributed by atoms with Crippen molar-refractivity contribution in [3.8, 4) is 45.4 Å². The number of hydrogen-bond donors (Lipinski definition) is 3. The van der Waals surface area contributed by atoms with Crippen molar-refractivity contribution in [2.75, 3.05) is 5.73 Å². The second-order valence-electron chi connectivity index (χ2n) is 12.3. The van der Waals surface area contributed by atoms with Crippen LogP contribution < -0.4 is 15.5 Å². The Kier molecular flexibility index (Phi) is 8.43. The van der Waals surface area contributed by atoms with Gasteiger partial charge in [0.05, 0.1) is 16.8 Å². The lowest BCUT2D eigenvalue weighted by atomic mass is 9.96.